The first-order valence-corrected chi connectivity index (χ1v) is 11.1. The number of hydrogen-bond donors (Lipinski definition) is 2. The Kier molecular flexibility index (Phi) is 6.41. The van der Waals surface area contributed by atoms with E-state index < -0.39 is 0 Å². The molecule has 6 nitrogen and oxygen atoms in total. The molecule has 0 saturated carbocycles. The first-order chi connectivity index (χ1) is 16.0. The lowest BCUT2D eigenvalue weighted by atomic mass is 10.1. The Morgan fingerprint density at radius 3 is 2.45 bits per heavy atom. The predicted octanol–water partition coefficient (Wildman–Crippen LogP) is 4.16. The van der Waals surface area contributed by atoms with Crippen LogP contribution in [0.25, 0.3) is 21.8 Å². The average molecular weight is 439 g/mol. The van der Waals surface area contributed by atoms with Crippen LogP contribution >= 0.6 is 0 Å². The summed E-state index contributed by atoms with van der Waals surface area (Å²) in [5.74, 6) is -0.298. The molecule has 2 N–H and O–H groups in total. The SMILES string of the molecule is CCn1c2ccccc2c2cc(C(=O)NCC(C)NC(=O)Cc3ccc(C#N)cc3)ccc21. The summed E-state index contributed by atoms with van der Waals surface area (Å²) in [6.07, 6.45) is 0.224. The van der Waals surface area contributed by atoms with E-state index in [1.165, 1.54) is 0 Å². The Balaban J connectivity index is 1.38. The van der Waals surface area contributed by atoms with Gasteiger partial charge in [0.2, 0.25) is 5.91 Å². The molecule has 0 spiro atoms. The molecule has 1 atom stereocenters. The van der Waals surface area contributed by atoms with E-state index in [-0.39, 0.29) is 24.3 Å². The minimum atomic E-state index is -0.217. The van der Waals surface area contributed by atoms with E-state index in [2.05, 4.69) is 40.3 Å². The minimum Gasteiger partial charge on any atom is -0.352 e. The summed E-state index contributed by atoms with van der Waals surface area (Å²) >= 11 is 0. The van der Waals surface area contributed by atoms with E-state index in [0.717, 1.165) is 33.9 Å². The lowest BCUT2D eigenvalue weighted by Gasteiger charge is -2.15. The number of amides is 2. The highest BCUT2D eigenvalue weighted by atomic mass is 16.2. The second kappa shape index (κ2) is 9.58. The van der Waals surface area contributed by atoms with Gasteiger partial charge in [0, 0.05) is 46.5 Å². The molecular weight excluding hydrogens is 412 g/mol. The van der Waals surface area contributed by atoms with E-state index in [0.29, 0.717) is 17.7 Å². The minimum absolute atomic E-state index is 0.129. The molecular formula is C27H26N4O2. The van der Waals surface area contributed by atoms with Crippen molar-refractivity contribution in [3.8, 4) is 6.07 Å². The molecule has 0 aliphatic rings. The van der Waals surface area contributed by atoms with Gasteiger partial charge in [0.05, 0.1) is 18.1 Å². The quantitative estimate of drug-likeness (QED) is 0.454. The molecule has 1 unspecified atom stereocenters. The largest absolute Gasteiger partial charge is 0.352 e. The molecule has 1 aromatic heterocycles. The number of nitrogens with zero attached hydrogens (tertiary/aromatic N) is 2. The maximum Gasteiger partial charge on any atom is 0.251 e. The Morgan fingerprint density at radius 2 is 1.73 bits per heavy atom. The van der Waals surface area contributed by atoms with Crippen molar-refractivity contribution in [2.75, 3.05) is 6.54 Å². The van der Waals surface area contributed by atoms with Crippen LogP contribution in [0.1, 0.15) is 35.3 Å². The van der Waals surface area contributed by atoms with Gasteiger partial charge in [-0.1, -0.05) is 30.3 Å². The maximum atomic E-state index is 12.8. The Labute approximate surface area is 192 Å². The van der Waals surface area contributed by atoms with Gasteiger partial charge in [-0.15, -0.1) is 0 Å². The summed E-state index contributed by atoms with van der Waals surface area (Å²) in [6.45, 7) is 5.15. The number of benzene rings is 3. The number of nitrogens with one attached hydrogen (secondary N) is 2. The van der Waals surface area contributed by atoms with E-state index in [1.807, 2.05) is 37.3 Å². The number of aromatic nitrogens is 1. The van der Waals surface area contributed by atoms with Gasteiger partial charge in [-0.05, 0) is 55.8 Å². The summed E-state index contributed by atoms with van der Waals surface area (Å²) < 4.78 is 2.25. The first-order valence-electron chi connectivity index (χ1n) is 11.1. The average Bonchev–Trinajstić information content (AvgIpc) is 3.16. The Morgan fingerprint density at radius 1 is 1.00 bits per heavy atom. The van der Waals surface area contributed by atoms with Gasteiger partial charge in [-0.2, -0.15) is 5.26 Å². The third kappa shape index (κ3) is 4.73. The number of carbonyl (C=O) groups excluding carboxylic acids is 2. The van der Waals surface area contributed by atoms with E-state index in [9.17, 15) is 9.59 Å². The van der Waals surface area contributed by atoms with E-state index in [1.54, 1.807) is 24.3 Å². The van der Waals surface area contributed by atoms with Crippen LogP contribution in [0.3, 0.4) is 0 Å². The topological polar surface area (TPSA) is 86.9 Å². The van der Waals surface area contributed by atoms with Gasteiger partial charge < -0.3 is 15.2 Å². The van der Waals surface area contributed by atoms with Crippen LogP contribution < -0.4 is 10.6 Å². The third-order valence-electron chi connectivity index (χ3n) is 5.77. The van der Waals surface area contributed by atoms with Gasteiger partial charge in [0.25, 0.3) is 5.91 Å². The van der Waals surface area contributed by atoms with Crippen LogP contribution in [0.5, 0.6) is 0 Å². The van der Waals surface area contributed by atoms with Crippen molar-refractivity contribution >= 4 is 33.6 Å². The van der Waals surface area contributed by atoms with Crippen molar-refractivity contribution < 1.29 is 9.59 Å². The standard InChI is InChI=1S/C27H26N4O2/c1-3-31-24-7-5-4-6-22(24)23-15-21(12-13-25(23)31)27(33)29-17-18(2)30-26(32)14-19-8-10-20(16-28)11-9-19/h4-13,15,18H,3,14,17H2,1-2H3,(H,29,33)(H,30,32). The van der Waals surface area contributed by atoms with Crippen LogP contribution in [-0.2, 0) is 17.8 Å². The molecule has 1 heterocycles. The number of nitriles is 1. The van der Waals surface area contributed by atoms with Crippen LogP contribution in [0.2, 0.25) is 0 Å². The zero-order chi connectivity index (χ0) is 23.4. The van der Waals surface area contributed by atoms with Crippen molar-refractivity contribution in [1.29, 1.82) is 5.26 Å². The lowest BCUT2D eigenvalue weighted by Crippen LogP contribution is -2.42. The fraction of sp³-hybridized carbons (Fsp3) is 0.222. The monoisotopic (exact) mass is 438 g/mol. The normalized spacial score (nSPS) is 11.8. The van der Waals surface area contributed by atoms with Crippen molar-refractivity contribution in [2.24, 2.45) is 0 Å². The lowest BCUT2D eigenvalue weighted by molar-refractivity contribution is -0.121. The first kappa shape index (κ1) is 22.1. The Bertz CT molecular complexity index is 1360. The highest BCUT2D eigenvalue weighted by molar-refractivity contribution is 6.10. The molecule has 6 heteroatoms. The highest BCUT2D eigenvalue weighted by Crippen LogP contribution is 2.29. The number of hydrogen-bond acceptors (Lipinski definition) is 3. The summed E-state index contributed by atoms with van der Waals surface area (Å²) in [7, 11) is 0. The highest BCUT2D eigenvalue weighted by Gasteiger charge is 2.14. The van der Waals surface area contributed by atoms with Gasteiger partial charge >= 0.3 is 0 Å². The smallest absolute Gasteiger partial charge is 0.251 e. The van der Waals surface area contributed by atoms with Crippen molar-refractivity contribution in [3.05, 3.63) is 83.4 Å². The van der Waals surface area contributed by atoms with Crippen LogP contribution in [0, 0.1) is 11.3 Å². The molecule has 0 radical (unpaired) electrons. The molecule has 166 valence electrons. The predicted molar refractivity (Wildman–Crippen MR) is 130 cm³/mol. The van der Waals surface area contributed by atoms with Crippen molar-refractivity contribution in [1.82, 2.24) is 15.2 Å². The van der Waals surface area contributed by atoms with Crippen LogP contribution in [0.15, 0.2) is 66.7 Å². The summed E-state index contributed by atoms with van der Waals surface area (Å²) in [5, 5.41) is 16.9. The molecule has 3 aromatic carbocycles. The third-order valence-corrected chi connectivity index (χ3v) is 5.77. The fourth-order valence-corrected chi connectivity index (χ4v) is 4.14. The summed E-state index contributed by atoms with van der Waals surface area (Å²) in [5.41, 5.74) is 4.26. The van der Waals surface area contributed by atoms with Crippen LogP contribution in [-0.4, -0.2) is 29.0 Å². The molecule has 0 fully saturated rings. The second-order valence-corrected chi connectivity index (χ2v) is 8.16. The molecule has 0 saturated heterocycles. The van der Waals surface area contributed by atoms with Gasteiger partial charge in [-0.25, -0.2) is 0 Å². The molecule has 2 amide bonds. The second-order valence-electron chi connectivity index (χ2n) is 8.16. The zero-order valence-electron chi connectivity index (χ0n) is 18.8. The summed E-state index contributed by atoms with van der Waals surface area (Å²) in [6, 6.07) is 22.8. The van der Waals surface area contributed by atoms with E-state index in [4.69, 9.17) is 5.26 Å². The molecule has 33 heavy (non-hydrogen) atoms. The van der Waals surface area contributed by atoms with Gasteiger partial charge in [0.15, 0.2) is 0 Å². The number of rotatable bonds is 7. The van der Waals surface area contributed by atoms with Gasteiger partial charge in [0.1, 0.15) is 0 Å². The number of carbonyl (C=O) groups is 2. The Hall–Kier alpha value is -4.11. The number of fused-ring (bicyclic) bond motifs is 3. The van der Waals surface area contributed by atoms with Crippen molar-refractivity contribution in [3.63, 3.8) is 0 Å². The number of para-hydroxylation sites is 1. The van der Waals surface area contributed by atoms with Crippen molar-refractivity contribution in [2.45, 2.75) is 32.9 Å². The summed E-state index contributed by atoms with van der Waals surface area (Å²) in [4.78, 5) is 25.1. The molecule has 4 rings (SSSR count). The fourth-order valence-electron chi connectivity index (χ4n) is 4.14. The zero-order valence-corrected chi connectivity index (χ0v) is 18.8. The van der Waals surface area contributed by atoms with Crippen LogP contribution in [0.4, 0.5) is 0 Å². The number of aryl methyl sites for hydroxylation is 1. The molecule has 4 aromatic rings. The molecule has 0 aliphatic carbocycles. The maximum absolute atomic E-state index is 12.8. The van der Waals surface area contributed by atoms with E-state index >= 15 is 0 Å². The molecule has 0 aliphatic heterocycles. The molecule has 0 bridgehead atoms. The van der Waals surface area contributed by atoms with Gasteiger partial charge in [-0.3, -0.25) is 9.59 Å².